The van der Waals surface area contributed by atoms with Crippen molar-refractivity contribution in [3.63, 3.8) is 0 Å². The molecular formula is C15H22F3IN4O2. The molecule has 0 saturated carbocycles. The predicted octanol–water partition coefficient (Wildman–Crippen LogP) is 2.65. The van der Waals surface area contributed by atoms with Gasteiger partial charge in [0.2, 0.25) is 0 Å². The number of para-hydroxylation sites is 2. The first kappa shape index (κ1) is 21.8. The van der Waals surface area contributed by atoms with E-state index >= 15 is 0 Å². The number of nitrogens with two attached hydrogens (primary N) is 1. The summed E-state index contributed by atoms with van der Waals surface area (Å²) in [6.45, 7) is 5.47. The maximum absolute atomic E-state index is 12.4. The molecule has 25 heavy (non-hydrogen) atoms. The minimum absolute atomic E-state index is 0. The van der Waals surface area contributed by atoms with E-state index in [4.69, 9.17) is 10.5 Å². The zero-order chi connectivity index (χ0) is 17.6. The van der Waals surface area contributed by atoms with E-state index in [0.717, 1.165) is 13.1 Å². The number of hydrogen-bond acceptors (Lipinski definition) is 4. The third-order valence-electron chi connectivity index (χ3n) is 3.57. The lowest BCUT2D eigenvalue weighted by molar-refractivity contribution is -0.274. The van der Waals surface area contributed by atoms with Crippen LogP contribution in [0.1, 0.15) is 6.92 Å². The SMILES string of the molecule is CC(CN=C(N)Nc1ccccc1OC(F)(F)F)N1CCOCC1.I. The molecule has 10 heteroatoms. The van der Waals surface area contributed by atoms with Gasteiger partial charge in [0.05, 0.1) is 25.4 Å². The first-order valence-corrected chi connectivity index (χ1v) is 7.58. The van der Waals surface area contributed by atoms with E-state index in [-0.39, 0.29) is 47.4 Å². The van der Waals surface area contributed by atoms with Gasteiger partial charge in [-0.15, -0.1) is 37.1 Å². The Morgan fingerprint density at radius 3 is 2.64 bits per heavy atom. The summed E-state index contributed by atoms with van der Waals surface area (Å²) in [5, 5.41) is 2.65. The average Bonchev–Trinajstić information content (AvgIpc) is 2.54. The maximum atomic E-state index is 12.4. The molecule has 1 aliphatic heterocycles. The number of guanidine groups is 1. The Morgan fingerprint density at radius 2 is 2.00 bits per heavy atom. The number of benzene rings is 1. The first-order valence-electron chi connectivity index (χ1n) is 7.58. The van der Waals surface area contributed by atoms with Crippen molar-refractivity contribution in [2.24, 2.45) is 10.7 Å². The van der Waals surface area contributed by atoms with Crippen LogP contribution in [-0.4, -0.2) is 56.1 Å². The van der Waals surface area contributed by atoms with Crippen molar-refractivity contribution in [2.45, 2.75) is 19.3 Å². The highest BCUT2D eigenvalue weighted by atomic mass is 127. The van der Waals surface area contributed by atoms with Gasteiger partial charge < -0.3 is 20.5 Å². The fourth-order valence-corrected chi connectivity index (χ4v) is 2.33. The number of ether oxygens (including phenoxy) is 2. The third-order valence-corrected chi connectivity index (χ3v) is 3.57. The highest BCUT2D eigenvalue weighted by molar-refractivity contribution is 14.0. The molecule has 1 unspecified atom stereocenters. The van der Waals surface area contributed by atoms with Crippen molar-refractivity contribution < 1.29 is 22.6 Å². The monoisotopic (exact) mass is 474 g/mol. The molecule has 0 spiro atoms. The van der Waals surface area contributed by atoms with E-state index in [1.807, 2.05) is 6.92 Å². The van der Waals surface area contributed by atoms with Crippen LogP contribution in [0.3, 0.4) is 0 Å². The minimum Gasteiger partial charge on any atom is -0.404 e. The standard InChI is InChI=1S/C15H21F3N4O2.HI/c1-11(22-6-8-23-9-7-22)10-20-14(19)21-12-4-2-3-5-13(12)24-15(16,17)18;/h2-5,11H,6-10H2,1H3,(H3,19,20,21);1H. The van der Waals surface area contributed by atoms with Crippen LogP contribution in [0.4, 0.5) is 18.9 Å². The average molecular weight is 474 g/mol. The molecule has 0 radical (unpaired) electrons. The molecule has 0 aromatic heterocycles. The van der Waals surface area contributed by atoms with Gasteiger partial charge in [-0.25, -0.2) is 0 Å². The highest BCUT2D eigenvalue weighted by Gasteiger charge is 2.32. The molecule has 0 amide bonds. The van der Waals surface area contributed by atoms with Crippen LogP contribution in [0.2, 0.25) is 0 Å². The Labute approximate surface area is 161 Å². The van der Waals surface area contributed by atoms with Gasteiger partial charge >= 0.3 is 6.36 Å². The Kier molecular flexibility index (Phi) is 8.73. The number of morpholine rings is 1. The van der Waals surface area contributed by atoms with Gasteiger partial charge in [-0.3, -0.25) is 9.89 Å². The number of alkyl halides is 3. The van der Waals surface area contributed by atoms with Gasteiger partial charge in [0.15, 0.2) is 11.7 Å². The van der Waals surface area contributed by atoms with Gasteiger partial charge in [-0.2, -0.15) is 0 Å². The van der Waals surface area contributed by atoms with Crippen molar-refractivity contribution in [3.05, 3.63) is 24.3 Å². The maximum Gasteiger partial charge on any atom is 0.573 e. The largest absolute Gasteiger partial charge is 0.573 e. The van der Waals surface area contributed by atoms with Gasteiger partial charge in [0, 0.05) is 19.1 Å². The van der Waals surface area contributed by atoms with Crippen LogP contribution >= 0.6 is 24.0 Å². The molecule has 3 N–H and O–H groups in total. The van der Waals surface area contributed by atoms with E-state index in [2.05, 4.69) is 19.9 Å². The Bertz CT molecular complexity index is 566. The number of nitrogens with one attached hydrogen (secondary N) is 1. The molecule has 1 aliphatic rings. The van der Waals surface area contributed by atoms with E-state index < -0.39 is 6.36 Å². The molecule has 0 bridgehead atoms. The first-order chi connectivity index (χ1) is 11.3. The summed E-state index contributed by atoms with van der Waals surface area (Å²) in [7, 11) is 0. The summed E-state index contributed by atoms with van der Waals surface area (Å²) in [6.07, 6.45) is -4.77. The molecule has 1 aromatic rings. The van der Waals surface area contributed by atoms with Crippen molar-refractivity contribution in [2.75, 3.05) is 38.2 Å². The van der Waals surface area contributed by atoms with Gasteiger partial charge in [0.1, 0.15) is 0 Å². The van der Waals surface area contributed by atoms with Crippen molar-refractivity contribution in [1.82, 2.24) is 4.90 Å². The van der Waals surface area contributed by atoms with Gasteiger partial charge in [-0.1, -0.05) is 12.1 Å². The molecule has 6 nitrogen and oxygen atoms in total. The Balaban J connectivity index is 0.00000312. The summed E-state index contributed by atoms with van der Waals surface area (Å²) < 4.78 is 46.4. The summed E-state index contributed by atoms with van der Waals surface area (Å²) in [5.74, 6) is -0.322. The fraction of sp³-hybridized carbons (Fsp3) is 0.533. The van der Waals surface area contributed by atoms with Crippen LogP contribution in [0.25, 0.3) is 0 Å². The quantitative estimate of drug-likeness (QED) is 0.390. The van der Waals surface area contributed by atoms with Gasteiger partial charge in [-0.05, 0) is 19.1 Å². The van der Waals surface area contributed by atoms with E-state index in [9.17, 15) is 13.2 Å². The number of anilines is 1. The number of nitrogens with zero attached hydrogens (tertiary/aromatic N) is 2. The number of halogens is 4. The molecule has 2 rings (SSSR count). The normalized spacial score (nSPS) is 17.5. The lowest BCUT2D eigenvalue weighted by Gasteiger charge is -2.31. The third kappa shape index (κ3) is 7.65. The highest BCUT2D eigenvalue weighted by Crippen LogP contribution is 2.29. The van der Waals surface area contributed by atoms with Crippen LogP contribution < -0.4 is 15.8 Å². The van der Waals surface area contributed by atoms with Gasteiger partial charge in [0.25, 0.3) is 0 Å². The van der Waals surface area contributed by atoms with E-state index in [1.165, 1.54) is 18.2 Å². The van der Waals surface area contributed by atoms with Crippen molar-refractivity contribution >= 4 is 35.6 Å². The Morgan fingerprint density at radius 1 is 1.36 bits per heavy atom. The summed E-state index contributed by atoms with van der Waals surface area (Å²) in [5.41, 5.74) is 5.88. The van der Waals surface area contributed by atoms with Crippen LogP contribution in [0, 0.1) is 0 Å². The van der Waals surface area contributed by atoms with Crippen molar-refractivity contribution in [3.8, 4) is 5.75 Å². The second kappa shape index (κ2) is 10.0. The van der Waals surface area contributed by atoms with E-state index in [0.29, 0.717) is 19.8 Å². The van der Waals surface area contributed by atoms with Crippen LogP contribution in [-0.2, 0) is 4.74 Å². The zero-order valence-corrected chi connectivity index (χ0v) is 16.1. The molecule has 1 heterocycles. The second-order valence-electron chi connectivity index (χ2n) is 5.39. The smallest absolute Gasteiger partial charge is 0.404 e. The number of aliphatic imine (C=N–C) groups is 1. The molecule has 1 atom stereocenters. The molecule has 1 aromatic carbocycles. The molecular weight excluding hydrogens is 452 g/mol. The van der Waals surface area contributed by atoms with Crippen molar-refractivity contribution in [1.29, 1.82) is 0 Å². The lowest BCUT2D eigenvalue weighted by atomic mass is 10.2. The summed E-state index contributed by atoms with van der Waals surface area (Å²) in [6, 6.07) is 5.83. The van der Waals surface area contributed by atoms with Crippen LogP contribution in [0.15, 0.2) is 29.3 Å². The fourth-order valence-electron chi connectivity index (χ4n) is 2.33. The summed E-state index contributed by atoms with van der Waals surface area (Å²) in [4.78, 5) is 6.42. The zero-order valence-electron chi connectivity index (χ0n) is 13.8. The van der Waals surface area contributed by atoms with E-state index in [1.54, 1.807) is 6.07 Å². The topological polar surface area (TPSA) is 72.1 Å². The summed E-state index contributed by atoms with van der Waals surface area (Å²) >= 11 is 0. The second-order valence-corrected chi connectivity index (χ2v) is 5.39. The molecule has 0 aliphatic carbocycles. The van der Waals surface area contributed by atoms with Crippen LogP contribution in [0.5, 0.6) is 5.75 Å². The molecule has 142 valence electrons. The Hall–Kier alpha value is -1.27. The minimum atomic E-state index is -4.77. The number of rotatable bonds is 5. The lowest BCUT2D eigenvalue weighted by Crippen LogP contribution is -2.43. The molecule has 1 saturated heterocycles. The predicted molar refractivity (Wildman–Crippen MR) is 101 cm³/mol. The number of hydrogen-bond donors (Lipinski definition) is 2. The molecule has 1 fully saturated rings.